The molecular weight excluding hydrogens is 276 g/mol. The van der Waals surface area contributed by atoms with Crippen molar-refractivity contribution in [1.82, 2.24) is 10.6 Å². The molecule has 4 nitrogen and oxygen atoms in total. The van der Waals surface area contributed by atoms with Gasteiger partial charge in [-0.15, -0.1) is 0 Å². The van der Waals surface area contributed by atoms with Gasteiger partial charge in [0.05, 0.1) is 13.2 Å². The molecule has 2 fully saturated rings. The van der Waals surface area contributed by atoms with Crippen molar-refractivity contribution in [3.8, 4) is 11.5 Å². The predicted octanol–water partition coefficient (Wildman–Crippen LogP) is 2.44. The maximum absolute atomic E-state index is 5.96. The lowest BCUT2D eigenvalue weighted by Gasteiger charge is -2.23. The quantitative estimate of drug-likeness (QED) is 0.847. The number of hydrogen-bond acceptors (Lipinski definition) is 4. The Morgan fingerprint density at radius 2 is 1.23 bits per heavy atom. The second kappa shape index (κ2) is 8.39. The third-order valence-electron chi connectivity index (χ3n) is 4.69. The van der Waals surface area contributed by atoms with Gasteiger partial charge in [0.15, 0.2) is 0 Å². The van der Waals surface area contributed by atoms with Crippen molar-refractivity contribution in [2.24, 2.45) is 11.8 Å². The highest BCUT2D eigenvalue weighted by Gasteiger charge is 2.15. The fourth-order valence-electron chi connectivity index (χ4n) is 3.18. The molecule has 0 atom stereocenters. The highest BCUT2D eigenvalue weighted by molar-refractivity contribution is 5.32. The summed E-state index contributed by atoms with van der Waals surface area (Å²) in [5.74, 6) is 3.23. The van der Waals surface area contributed by atoms with E-state index < -0.39 is 0 Å². The molecule has 0 radical (unpaired) electrons. The lowest BCUT2D eigenvalue weighted by molar-refractivity contribution is 0.206. The molecule has 0 saturated carbocycles. The molecule has 0 unspecified atom stereocenters. The molecule has 3 rings (SSSR count). The van der Waals surface area contributed by atoms with Gasteiger partial charge in [0.2, 0.25) is 0 Å². The van der Waals surface area contributed by atoms with E-state index in [4.69, 9.17) is 9.47 Å². The van der Waals surface area contributed by atoms with E-state index >= 15 is 0 Å². The van der Waals surface area contributed by atoms with E-state index in [1.807, 2.05) is 24.3 Å². The Balaban J connectivity index is 1.44. The van der Waals surface area contributed by atoms with Crippen molar-refractivity contribution < 1.29 is 9.47 Å². The lowest BCUT2D eigenvalue weighted by Crippen LogP contribution is -2.30. The van der Waals surface area contributed by atoms with Crippen molar-refractivity contribution in [2.45, 2.75) is 25.7 Å². The van der Waals surface area contributed by atoms with E-state index in [0.29, 0.717) is 11.8 Å². The molecule has 0 bridgehead atoms. The van der Waals surface area contributed by atoms with Crippen LogP contribution in [0.5, 0.6) is 11.5 Å². The van der Waals surface area contributed by atoms with Crippen LogP contribution in [-0.2, 0) is 0 Å². The van der Waals surface area contributed by atoms with Crippen molar-refractivity contribution in [2.75, 3.05) is 39.4 Å². The van der Waals surface area contributed by atoms with Crippen molar-refractivity contribution in [1.29, 1.82) is 0 Å². The Hall–Kier alpha value is -1.26. The minimum Gasteiger partial charge on any atom is -0.493 e. The second-order valence-electron chi connectivity index (χ2n) is 6.48. The Kier molecular flexibility index (Phi) is 5.96. The maximum atomic E-state index is 5.96. The lowest BCUT2D eigenvalue weighted by atomic mass is 9.99. The van der Waals surface area contributed by atoms with Crippen LogP contribution in [0.3, 0.4) is 0 Å². The van der Waals surface area contributed by atoms with Crippen LogP contribution in [0.25, 0.3) is 0 Å². The Bertz CT molecular complexity index is 403. The molecule has 2 aliphatic rings. The van der Waals surface area contributed by atoms with E-state index in [2.05, 4.69) is 10.6 Å². The molecule has 0 aromatic heterocycles. The zero-order chi connectivity index (χ0) is 15.0. The molecule has 1 aromatic rings. The number of rotatable bonds is 6. The zero-order valence-electron chi connectivity index (χ0n) is 13.4. The summed E-state index contributed by atoms with van der Waals surface area (Å²) in [7, 11) is 0. The molecule has 22 heavy (non-hydrogen) atoms. The number of piperidine rings is 2. The number of hydrogen-bond donors (Lipinski definition) is 2. The Labute approximate surface area is 133 Å². The van der Waals surface area contributed by atoms with E-state index in [-0.39, 0.29) is 0 Å². The molecule has 1 aromatic carbocycles. The highest BCUT2D eigenvalue weighted by Crippen LogP contribution is 2.23. The van der Waals surface area contributed by atoms with Gasteiger partial charge in [0.1, 0.15) is 11.5 Å². The predicted molar refractivity (Wildman–Crippen MR) is 88.6 cm³/mol. The van der Waals surface area contributed by atoms with Crippen LogP contribution in [0.2, 0.25) is 0 Å². The topological polar surface area (TPSA) is 42.5 Å². The fraction of sp³-hybridized carbons (Fsp3) is 0.667. The first-order valence-electron chi connectivity index (χ1n) is 8.67. The zero-order valence-corrected chi connectivity index (χ0v) is 13.4. The molecule has 0 spiro atoms. The van der Waals surface area contributed by atoms with Gasteiger partial charge in [-0.2, -0.15) is 0 Å². The van der Waals surface area contributed by atoms with Crippen LogP contribution in [0.1, 0.15) is 25.7 Å². The van der Waals surface area contributed by atoms with E-state index in [9.17, 15) is 0 Å². The van der Waals surface area contributed by atoms with Crippen LogP contribution >= 0.6 is 0 Å². The molecule has 2 saturated heterocycles. The van der Waals surface area contributed by atoms with Gasteiger partial charge in [-0.3, -0.25) is 0 Å². The third-order valence-corrected chi connectivity index (χ3v) is 4.69. The van der Waals surface area contributed by atoms with Crippen LogP contribution in [0.15, 0.2) is 24.3 Å². The third kappa shape index (κ3) is 4.89. The second-order valence-corrected chi connectivity index (χ2v) is 6.48. The van der Waals surface area contributed by atoms with Gasteiger partial charge in [-0.05, 0) is 75.8 Å². The minimum atomic E-state index is 0.681. The molecule has 4 heteroatoms. The smallest absolute Gasteiger partial charge is 0.122 e. The highest BCUT2D eigenvalue weighted by atomic mass is 16.5. The van der Waals surface area contributed by atoms with E-state index in [1.165, 1.54) is 25.7 Å². The van der Waals surface area contributed by atoms with Crippen LogP contribution < -0.4 is 20.1 Å². The minimum absolute atomic E-state index is 0.681. The first-order valence-corrected chi connectivity index (χ1v) is 8.67. The monoisotopic (exact) mass is 304 g/mol. The van der Waals surface area contributed by atoms with E-state index in [1.54, 1.807) is 0 Å². The maximum Gasteiger partial charge on any atom is 0.122 e. The average molecular weight is 304 g/mol. The van der Waals surface area contributed by atoms with Crippen LogP contribution in [-0.4, -0.2) is 39.4 Å². The van der Waals surface area contributed by atoms with E-state index in [0.717, 1.165) is 50.9 Å². The normalized spacial score (nSPS) is 20.7. The molecule has 2 aliphatic heterocycles. The summed E-state index contributed by atoms with van der Waals surface area (Å²) >= 11 is 0. The molecule has 2 heterocycles. The summed E-state index contributed by atoms with van der Waals surface area (Å²) in [4.78, 5) is 0. The number of benzene rings is 1. The Morgan fingerprint density at radius 1 is 0.773 bits per heavy atom. The van der Waals surface area contributed by atoms with Gasteiger partial charge in [0.25, 0.3) is 0 Å². The summed E-state index contributed by atoms with van der Waals surface area (Å²) in [6, 6.07) is 8.11. The van der Waals surface area contributed by atoms with Crippen molar-refractivity contribution in [3.05, 3.63) is 24.3 Å². The first kappa shape index (κ1) is 15.6. The molecular formula is C18H28N2O2. The molecule has 0 amide bonds. The fourth-order valence-corrected chi connectivity index (χ4v) is 3.18. The van der Waals surface area contributed by atoms with Crippen LogP contribution in [0.4, 0.5) is 0 Å². The van der Waals surface area contributed by atoms with Crippen LogP contribution in [0, 0.1) is 11.8 Å². The SMILES string of the molecule is c1cc(OCC2CCNCC2)cc(OCC2CCNCC2)c1. The van der Waals surface area contributed by atoms with Gasteiger partial charge >= 0.3 is 0 Å². The number of ether oxygens (including phenoxy) is 2. The molecule has 2 N–H and O–H groups in total. The summed E-state index contributed by atoms with van der Waals surface area (Å²) < 4.78 is 11.9. The summed E-state index contributed by atoms with van der Waals surface area (Å²) in [6.07, 6.45) is 4.86. The van der Waals surface area contributed by atoms with Crippen molar-refractivity contribution in [3.63, 3.8) is 0 Å². The first-order chi connectivity index (χ1) is 10.9. The average Bonchev–Trinajstić information content (AvgIpc) is 2.60. The number of nitrogens with one attached hydrogen (secondary N) is 2. The standard InChI is InChI=1S/C18H28N2O2/c1-2-17(21-13-15-4-8-19-9-5-15)12-18(3-1)22-14-16-6-10-20-11-7-16/h1-3,12,15-16,19-20H,4-11,13-14H2. The largest absolute Gasteiger partial charge is 0.493 e. The summed E-state index contributed by atoms with van der Waals surface area (Å²) in [6.45, 7) is 6.11. The molecule has 0 aliphatic carbocycles. The van der Waals surface area contributed by atoms with Gasteiger partial charge in [-0.1, -0.05) is 6.07 Å². The van der Waals surface area contributed by atoms with Gasteiger partial charge in [-0.25, -0.2) is 0 Å². The van der Waals surface area contributed by atoms with Crippen molar-refractivity contribution >= 4 is 0 Å². The summed E-state index contributed by atoms with van der Waals surface area (Å²) in [5, 5.41) is 6.78. The van der Waals surface area contributed by atoms with Gasteiger partial charge < -0.3 is 20.1 Å². The van der Waals surface area contributed by atoms with Gasteiger partial charge in [0, 0.05) is 6.07 Å². The molecule has 122 valence electrons. The Morgan fingerprint density at radius 3 is 1.68 bits per heavy atom. The summed E-state index contributed by atoms with van der Waals surface area (Å²) in [5.41, 5.74) is 0.